The van der Waals surface area contributed by atoms with Crippen molar-refractivity contribution in [2.75, 3.05) is 20.8 Å². The number of carbonyl (C=O) groups is 1. The minimum Gasteiger partial charge on any atom is -0.497 e. The predicted molar refractivity (Wildman–Crippen MR) is 103 cm³/mol. The van der Waals surface area contributed by atoms with E-state index >= 15 is 0 Å². The molecule has 1 saturated carbocycles. The van der Waals surface area contributed by atoms with Gasteiger partial charge in [-0.15, -0.1) is 0 Å². The third-order valence-corrected chi connectivity index (χ3v) is 5.22. The number of benzene rings is 2. The summed E-state index contributed by atoms with van der Waals surface area (Å²) in [6.07, 6.45) is -0.0274. The summed E-state index contributed by atoms with van der Waals surface area (Å²) in [5.41, 5.74) is 1.76. The number of halogens is 1. The van der Waals surface area contributed by atoms with Crippen LogP contribution in [0.4, 0.5) is 0 Å². The van der Waals surface area contributed by atoms with E-state index in [1.807, 2.05) is 24.3 Å². The molecule has 2 aromatic carbocycles. The van der Waals surface area contributed by atoms with Gasteiger partial charge in [-0.3, -0.25) is 4.79 Å². The van der Waals surface area contributed by atoms with E-state index in [0.29, 0.717) is 17.1 Å². The van der Waals surface area contributed by atoms with Crippen LogP contribution in [0.2, 0.25) is 0 Å². The van der Waals surface area contributed by atoms with Gasteiger partial charge in [0.15, 0.2) is 0 Å². The van der Waals surface area contributed by atoms with E-state index in [-0.39, 0.29) is 24.3 Å². The summed E-state index contributed by atoms with van der Waals surface area (Å²) >= 11 is 3.42. The van der Waals surface area contributed by atoms with Gasteiger partial charge in [0, 0.05) is 22.5 Å². The summed E-state index contributed by atoms with van der Waals surface area (Å²) in [5.74, 6) is 1.39. The highest BCUT2D eigenvalue weighted by molar-refractivity contribution is 9.10. The van der Waals surface area contributed by atoms with Crippen LogP contribution in [0.3, 0.4) is 0 Å². The minimum atomic E-state index is -0.867. The van der Waals surface area contributed by atoms with Crippen LogP contribution in [-0.4, -0.2) is 31.8 Å². The van der Waals surface area contributed by atoms with E-state index in [1.54, 1.807) is 32.4 Å². The molecule has 3 unspecified atom stereocenters. The molecule has 1 aliphatic rings. The lowest BCUT2D eigenvalue weighted by Crippen LogP contribution is -2.30. The molecule has 0 heterocycles. The number of ether oxygens (including phenoxy) is 2. The largest absolute Gasteiger partial charge is 0.497 e. The maximum Gasteiger partial charge on any atom is 0.223 e. The second-order valence-electron chi connectivity index (χ2n) is 6.37. The van der Waals surface area contributed by atoms with Gasteiger partial charge in [-0.05, 0) is 48.2 Å². The van der Waals surface area contributed by atoms with Gasteiger partial charge in [0.1, 0.15) is 11.5 Å². The highest BCUT2D eigenvalue weighted by atomic mass is 79.9. The van der Waals surface area contributed by atoms with Crippen molar-refractivity contribution < 1.29 is 19.4 Å². The molecule has 1 fully saturated rings. The molecule has 0 saturated heterocycles. The summed E-state index contributed by atoms with van der Waals surface area (Å²) in [5, 5.41) is 13.3. The van der Waals surface area contributed by atoms with E-state index in [0.717, 1.165) is 10.9 Å². The van der Waals surface area contributed by atoms with Crippen molar-refractivity contribution in [2.45, 2.75) is 18.4 Å². The third kappa shape index (κ3) is 4.19. The van der Waals surface area contributed by atoms with Gasteiger partial charge in [0.05, 0.1) is 20.3 Å². The lowest BCUT2D eigenvalue weighted by Gasteiger charge is -2.16. The van der Waals surface area contributed by atoms with Crippen molar-refractivity contribution in [1.82, 2.24) is 5.32 Å². The highest BCUT2D eigenvalue weighted by Gasteiger charge is 2.43. The first-order valence-corrected chi connectivity index (χ1v) is 9.26. The van der Waals surface area contributed by atoms with Crippen LogP contribution >= 0.6 is 15.9 Å². The monoisotopic (exact) mass is 419 g/mol. The molecule has 0 spiro atoms. The van der Waals surface area contributed by atoms with Crippen LogP contribution in [0.25, 0.3) is 0 Å². The number of hydrogen-bond acceptors (Lipinski definition) is 4. The number of aliphatic hydroxyl groups is 1. The molecular formula is C20H22BrNO4. The Balaban J connectivity index is 1.57. The summed E-state index contributed by atoms with van der Waals surface area (Å²) in [4.78, 5) is 12.4. The molecule has 6 heteroatoms. The topological polar surface area (TPSA) is 67.8 Å². The smallest absolute Gasteiger partial charge is 0.223 e. The van der Waals surface area contributed by atoms with Crippen molar-refractivity contribution in [1.29, 1.82) is 0 Å². The number of aliphatic hydroxyl groups excluding tert-OH is 1. The average molecular weight is 420 g/mol. The minimum absolute atomic E-state index is 0.0289. The van der Waals surface area contributed by atoms with Crippen molar-refractivity contribution in [3.05, 3.63) is 58.1 Å². The SMILES string of the molecule is COc1ccc(OC)c(C(O)CNC(=O)C2CC2c2ccc(Br)cc2)c1. The maximum atomic E-state index is 12.4. The Morgan fingerprint density at radius 1 is 1.23 bits per heavy atom. The van der Waals surface area contributed by atoms with Crippen LogP contribution in [0.5, 0.6) is 11.5 Å². The molecule has 1 aliphatic carbocycles. The van der Waals surface area contributed by atoms with Gasteiger partial charge in [-0.2, -0.15) is 0 Å². The number of methoxy groups -OCH3 is 2. The second kappa shape index (κ2) is 8.10. The van der Waals surface area contributed by atoms with E-state index in [4.69, 9.17) is 9.47 Å². The molecule has 0 aliphatic heterocycles. The zero-order valence-corrected chi connectivity index (χ0v) is 16.3. The van der Waals surface area contributed by atoms with Crippen LogP contribution in [-0.2, 0) is 4.79 Å². The van der Waals surface area contributed by atoms with Gasteiger partial charge < -0.3 is 19.9 Å². The fourth-order valence-corrected chi connectivity index (χ4v) is 3.37. The molecule has 3 atom stereocenters. The molecule has 138 valence electrons. The highest BCUT2D eigenvalue weighted by Crippen LogP contribution is 2.47. The Morgan fingerprint density at radius 3 is 2.62 bits per heavy atom. The van der Waals surface area contributed by atoms with E-state index in [1.165, 1.54) is 5.56 Å². The molecule has 1 amide bonds. The molecule has 2 aromatic rings. The van der Waals surface area contributed by atoms with Crippen LogP contribution in [0.1, 0.15) is 29.6 Å². The molecule has 5 nitrogen and oxygen atoms in total. The summed E-state index contributed by atoms with van der Waals surface area (Å²) in [6, 6.07) is 13.3. The first-order valence-electron chi connectivity index (χ1n) is 8.46. The summed E-state index contributed by atoms with van der Waals surface area (Å²) in [6.45, 7) is 0.131. The van der Waals surface area contributed by atoms with E-state index in [2.05, 4.69) is 21.2 Å². The van der Waals surface area contributed by atoms with Crippen LogP contribution < -0.4 is 14.8 Å². The first-order chi connectivity index (χ1) is 12.5. The maximum absolute atomic E-state index is 12.4. The normalized spacial score (nSPS) is 19.5. The molecule has 0 radical (unpaired) electrons. The average Bonchev–Trinajstić information content (AvgIpc) is 3.46. The van der Waals surface area contributed by atoms with Gasteiger partial charge in [-0.25, -0.2) is 0 Å². The quantitative estimate of drug-likeness (QED) is 0.721. The fourth-order valence-electron chi connectivity index (χ4n) is 3.10. The zero-order chi connectivity index (χ0) is 18.7. The number of hydrogen-bond donors (Lipinski definition) is 2. The predicted octanol–water partition coefficient (Wildman–Crippen LogP) is 3.42. The van der Waals surface area contributed by atoms with Crippen molar-refractivity contribution in [3.63, 3.8) is 0 Å². The number of rotatable bonds is 7. The van der Waals surface area contributed by atoms with Gasteiger partial charge in [0.25, 0.3) is 0 Å². The Bertz CT molecular complexity index is 778. The molecule has 26 heavy (non-hydrogen) atoms. The first kappa shape index (κ1) is 18.7. The second-order valence-corrected chi connectivity index (χ2v) is 7.28. The molecular weight excluding hydrogens is 398 g/mol. The van der Waals surface area contributed by atoms with Gasteiger partial charge in [-0.1, -0.05) is 28.1 Å². The fraction of sp³-hybridized carbons (Fsp3) is 0.350. The van der Waals surface area contributed by atoms with Crippen molar-refractivity contribution >= 4 is 21.8 Å². The molecule has 2 N–H and O–H groups in total. The van der Waals surface area contributed by atoms with E-state index < -0.39 is 6.10 Å². The third-order valence-electron chi connectivity index (χ3n) is 4.69. The number of carbonyl (C=O) groups excluding carboxylic acids is 1. The molecule has 3 rings (SSSR count). The lowest BCUT2D eigenvalue weighted by molar-refractivity contribution is -0.122. The Morgan fingerprint density at radius 2 is 1.96 bits per heavy atom. The van der Waals surface area contributed by atoms with Crippen molar-refractivity contribution in [2.24, 2.45) is 5.92 Å². The molecule has 0 aromatic heterocycles. The summed E-state index contributed by atoms with van der Waals surface area (Å²) < 4.78 is 11.5. The zero-order valence-electron chi connectivity index (χ0n) is 14.7. The summed E-state index contributed by atoms with van der Waals surface area (Å²) in [7, 11) is 3.11. The number of nitrogens with one attached hydrogen (secondary N) is 1. The Labute approximate surface area is 161 Å². The Kier molecular flexibility index (Phi) is 5.84. The Hall–Kier alpha value is -2.05. The van der Waals surface area contributed by atoms with E-state index in [9.17, 15) is 9.90 Å². The van der Waals surface area contributed by atoms with Gasteiger partial charge in [0.2, 0.25) is 5.91 Å². The molecule has 0 bridgehead atoms. The van der Waals surface area contributed by atoms with Crippen LogP contribution in [0, 0.1) is 5.92 Å². The lowest BCUT2D eigenvalue weighted by atomic mass is 10.1. The van der Waals surface area contributed by atoms with Gasteiger partial charge >= 0.3 is 0 Å². The van der Waals surface area contributed by atoms with Crippen LogP contribution in [0.15, 0.2) is 46.9 Å². The standard InChI is InChI=1S/C20H22BrNO4/c1-25-14-7-8-19(26-2)17(9-14)18(23)11-22-20(24)16-10-15(16)12-3-5-13(21)6-4-12/h3-9,15-16,18,23H,10-11H2,1-2H3,(H,22,24). The van der Waals surface area contributed by atoms with Crippen molar-refractivity contribution in [3.8, 4) is 11.5 Å². The number of amides is 1.